The summed E-state index contributed by atoms with van der Waals surface area (Å²) in [6.07, 6.45) is 7.96. The number of piperidine rings is 1. The van der Waals surface area contributed by atoms with Gasteiger partial charge in [0, 0.05) is 24.7 Å². The van der Waals surface area contributed by atoms with Crippen LogP contribution in [0.2, 0.25) is 0 Å². The van der Waals surface area contributed by atoms with Crippen LogP contribution in [0.4, 0.5) is 0 Å². The van der Waals surface area contributed by atoms with Crippen LogP contribution < -0.4 is 11.1 Å². The minimum absolute atomic E-state index is 0.0677. The number of β-amino-alcohol motifs (C(OH)–C–C–N with tert-alkyl or cyclic N) is 1. The van der Waals surface area contributed by atoms with E-state index in [1.807, 2.05) is 39.0 Å². The fraction of sp³-hybridized carbons (Fsp3) is 0.708. The topological polar surface area (TPSA) is 78.6 Å². The lowest BCUT2D eigenvalue weighted by Gasteiger charge is -2.42. The van der Waals surface area contributed by atoms with Crippen LogP contribution in [0.3, 0.4) is 0 Å². The van der Waals surface area contributed by atoms with Crippen LogP contribution in [0.15, 0.2) is 30.3 Å². The van der Waals surface area contributed by atoms with E-state index in [1.165, 1.54) is 44.2 Å². The van der Waals surface area contributed by atoms with Crippen LogP contribution in [0.25, 0.3) is 0 Å². The average Bonchev–Trinajstić information content (AvgIpc) is 2.68. The molecule has 0 aromatic heterocycles. The summed E-state index contributed by atoms with van der Waals surface area (Å²) in [5.74, 6) is 1.81. The van der Waals surface area contributed by atoms with Crippen LogP contribution >= 0.6 is 0 Å². The number of amides is 1. The quantitative estimate of drug-likeness (QED) is 0.638. The van der Waals surface area contributed by atoms with Gasteiger partial charge in [-0.3, -0.25) is 4.79 Å². The maximum Gasteiger partial charge on any atom is 0.207 e. The van der Waals surface area contributed by atoms with Gasteiger partial charge in [0.1, 0.15) is 0 Å². The van der Waals surface area contributed by atoms with Crippen LogP contribution in [-0.4, -0.2) is 53.7 Å². The first kappa shape index (κ1) is 23.8. The molecule has 0 spiro atoms. The smallest absolute Gasteiger partial charge is 0.207 e. The van der Waals surface area contributed by atoms with Crippen molar-refractivity contribution in [3.63, 3.8) is 0 Å². The van der Waals surface area contributed by atoms with E-state index in [9.17, 15) is 9.90 Å². The third-order valence-electron chi connectivity index (χ3n) is 6.12. The van der Waals surface area contributed by atoms with E-state index in [0.717, 1.165) is 31.3 Å². The van der Waals surface area contributed by atoms with Crippen molar-refractivity contribution < 1.29 is 9.90 Å². The highest BCUT2D eigenvalue weighted by Crippen LogP contribution is 2.36. The van der Waals surface area contributed by atoms with Gasteiger partial charge in [0.2, 0.25) is 6.41 Å². The van der Waals surface area contributed by atoms with Crippen molar-refractivity contribution in [3.05, 3.63) is 35.9 Å². The van der Waals surface area contributed by atoms with E-state index in [2.05, 4.69) is 22.3 Å². The molecule has 1 aromatic carbocycles. The molecule has 2 fully saturated rings. The predicted molar refractivity (Wildman–Crippen MR) is 120 cm³/mol. The number of rotatable bonds is 6. The molecule has 5 heteroatoms. The maximum absolute atomic E-state index is 10.5. The number of nitrogens with zero attached hydrogens (tertiary/aromatic N) is 1. The Morgan fingerprint density at radius 1 is 1.17 bits per heavy atom. The number of hydrogen-bond donors (Lipinski definition) is 3. The third-order valence-corrected chi connectivity index (χ3v) is 6.12. The fourth-order valence-corrected chi connectivity index (χ4v) is 4.44. The molecule has 0 bridgehead atoms. The first-order valence-corrected chi connectivity index (χ1v) is 11.2. The number of nitrogens with two attached hydrogens (primary N) is 1. The van der Waals surface area contributed by atoms with Crippen molar-refractivity contribution in [2.45, 2.75) is 77.0 Å². The van der Waals surface area contributed by atoms with Crippen molar-refractivity contribution >= 4 is 6.41 Å². The second-order valence-corrected chi connectivity index (χ2v) is 9.79. The molecule has 1 aliphatic carbocycles. The van der Waals surface area contributed by atoms with Crippen LogP contribution in [0, 0.1) is 11.8 Å². The minimum Gasteiger partial charge on any atom is -0.390 e. The molecule has 29 heavy (non-hydrogen) atoms. The van der Waals surface area contributed by atoms with Gasteiger partial charge in [0.05, 0.1) is 6.10 Å². The van der Waals surface area contributed by atoms with E-state index >= 15 is 0 Å². The molecule has 1 saturated heterocycles. The second kappa shape index (κ2) is 11.7. The Bertz CT molecular complexity index is 588. The van der Waals surface area contributed by atoms with Crippen molar-refractivity contribution in [1.29, 1.82) is 0 Å². The Hall–Kier alpha value is -1.43. The minimum atomic E-state index is -0.430. The van der Waals surface area contributed by atoms with E-state index in [4.69, 9.17) is 5.73 Å². The Labute approximate surface area is 177 Å². The summed E-state index contributed by atoms with van der Waals surface area (Å²) in [5, 5.41) is 13.1. The molecular weight excluding hydrogens is 362 g/mol. The summed E-state index contributed by atoms with van der Waals surface area (Å²) in [5.41, 5.74) is 7.36. The van der Waals surface area contributed by atoms with E-state index < -0.39 is 6.10 Å². The number of hydrogen-bond acceptors (Lipinski definition) is 4. The number of aliphatic hydroxyl groups is 1. The Morgan fingerprint density at radius 3 is 2.41 bits per heavy atom. The number of likely N-dealkylation sites (tertiary alicyclic amines) is 1. The molecule has 0 radical (unpaired) electrons. The van der Waals surface area contributed by atoms with Gasteiger partial charge < -0.3 is 21.1 Å². The first-order valence-electron chi connectivity index (χ1n) is 11.2. The van der Waals surface area contributed by atoms with Gasteiger partial charge in [-0.15, -0.1) is 0 Å². The Balaban J connectivity index is 0.000000370. The van der Waals surface area contributed by atoms with Crippen molar-refractivity contribution in [2.75, 3.05) is 19.6 Å². The van der Waals surface area contributed by atoms with Gasteiger partial charge in [-0.2, -0.15) is 0 Å². The number of aliphatic hydroxyl groups excluding tert-OH is 1. The predicted octanol–water partition coefficient (Wildman–Crippen LogP) is 2.96. The molecule has 4 atom stereocenters. The number of carbonyl (C=O) groups excluding carboxylic acids is 1. The standard InChI is InChI=1S/C19H30N2O.C5H11NO/c20-18(12-15-6-2-1-3-7-15)19(22)14-21-11-10-16-8-4-5-9-17(16)13-21;1-5(2,3)6-4-7/h1-3,6-7,16-19,22H,4-5,8-14,20H2;4H,1-3H3,(H,6,7). The van der Waals surface area contributed by atoms with Gasteiger partial charge in [0.15, 0.2) is 0 Å². The maximum atomic E-state index is 10.5. The summed E-state index contributed by atoms with van der Waals surface area (Å²) >= 11 is 0. The van der Waals surface area contributed by atoms with Crippen molar-refractivity contribution in [1.82, 2.24) is 10.2 Å². The molecule has 4 N–H and O–H groups in total. The molecule has 1 saturated carbocycles. The van der Waals surface area contributed by atoms with Crippen molar-refractivity contribution in [2.24, 2.45) is 17.6 Å². The lowest BCUT2D eigenvalue weighted by Crippen LogP contribution is -2.49. The normalized spacial score (nSPS) is 24.4. The number of benzene rings is 1. The zero-order valence-corrected chi connectivity index (χ0v) is 18.5. The lowest BCUT2D eigenvalue weighted by molar-refractivity contribution is -0.110. The average molecular weight is 404 g/mol. The molecule has 1 aromatic rings. The van der Waals surface area contributed by atoms with E-state index in [1.54, 1.807) is 0 Å². The highest BCUT2D eigenvalue weighted by Gasteiger charge is 2.32. The molecule has 4 unspecified atom stereocenters. The zero-order chi connectivity index (χ0) is 21.3. The van der Waals surface area contributed by atoms with Gasteiger partial charge in [-0.1, -0.05) is 49.6 Å². The zero-order valence-electron chi connectivity index (χ0n) is 18.5. The molecule has 5 nitrogen and oxygen atoms in total. The van der Waals surface area contributed by atoms with Crippen LogP contribution in [0.5, 0.6) is 0 Å². The summed E-state index contributed by atoms with van der Waals surface area (Å²) in [6.45, 7) is 8.83. The lowest BCUT2D eigenvalue weighted by atomic mass is 9.75. The monoisotopic (exact) mass is 403 g/mol. The molecule has 3 rings (SSSR count). The van der Waals surface area contributed by atoms with Crippen molar-refractivity contribution in [3.8, 4) is 0 Å². The summed E-state index contributed by atoms with van der Waals surface area (Å²) in [4.78, 5) is 12.2. The highest BCUT2D eigenvalue weighted by molar-refractivity contribution is 5.47. The SMILES string of the molecule is CC(C)(C)NC=O.NC(Cc1ccccc1)C(O)CN1CCC2CCCCC2C1. The molecule has 1 amide bonds. The molecule has 164 valence electrons. The Morgan fingerprint density at radius 2 is 1.83 bits per heavy atom. The van der Waals surface area contributed by atoms with Crippen LogP contribution in [-0.2, 0) is 11.2 Å². The van der Waals surface area contributed by atoms with Crippen LogP contribution in [0.1, 0.15) is 58.4 Å². The molecular formula is C24H41N3O2. The fourth-order valence-electron chi connectivity index (χ4n) is 4.44. The summed E-state index contributed by atoms with van der Waals surface area (Å²) in [6, 6.07) is 10.1. The largest absolute Gasteiger partial charge is 0.390 e. The van der Waals surface area contributed by atoms with E-state index in [0.29, 0.717) is 6.41 Å². The number of nitrogens with one attached hydrogen (secondary N) is 1. The van der Waals surface area contributed by atoms with Gasteiger partial charge in [0.25, 0.3) is 0 Å². The molecule has 2 aliphatic rings. The summed E-state index contributed by atoms with van der Waals surface area (Å²) in [7, 11) is 0. The van der Waals surface area contributed by atoms with Gasteiger partial charge in [-0.05, 0) is 64.0 Å². The molecule has 1 heterocycles. The molecule has 1 aliphatic heterocycles. The second-order valence-electron chi connectivity index (χ2n) is 9.79. The van der Waals surface area contributed by atoms with Gasteiger partial charge in [-0.25, -0.2) is 0 Å². The highest BCUT2D eigenvalue weighted by atomic mass is 16.3. The number of fused-ring (bicyclic) bond motifs is 1. The first-order chi connectivity index (χ1) is 13.8. The Kier molecular flexibility index (Phi) is 9.60. The third kappa shape index (κ3) is 8.85. The van der Waals surface area contributed by atoms with Gasteiger partial charge >= 0.3 is 0 Å². The van der Waals surface area contributed by atoms with E-state index in [-0.39, 0.29) is 11.6 Å². The summed E-state index contributed by atoms with van der Waals surface area (Å²) < 4.78 is 0. The number of carbonyl (C=O) groups is 1.